The van der Waals surface area contributed by atoms with Crippen LogP contribution < -0.4 is 5.73 Å². The highest BCUT2D eigenvalue weighted by Gasteiger charge is 2.15. The van der Waals surface area contributed by atoms with E-state index in [1.165, 1.54) is 23.0 Å². The quantitative estimate of drug-likeness (QED) is 0.820. The van der Waals surface area contributed by atoms with Crippen LogP contribution >= 0.6 is 0 Å². The third kappa shape index (κ3) is 2.40. The Morgan fingerprint density at radius 3 is 2.83 bits per heavy atom. The van der Waals surface area contributed by atoms with Crippen LogP contribution in [0.5, 0.6) is 0 Å². The van der Waals surface area contributed by atoms with Crippen LogP contribution in [-0.4, -0.2) is 20.8 Å². The minimum Gasteiger partial charge on any atom is -0.325 e. The zero-order valence-corrected chi connectivity index (χ0v) is 9.31. The van der Waals surface area contributed by atoms with E-state index in [1.807, 2.05) is 0 Å². The topological polar surface area (TPSA) is 73.8 Å². The highest BCUT2D eigenvalue weighted by atomic mass is 19.2. The van der Waals surface area contributed by atoms with Crippen molar-refractivity contribution in [3.05, 3.63) is 47.3 Å². The Balaban J connectivity index is 2.19. The first-order valence-corrected chi connectivity index (χ1v) is 5.18. The fraction of sp³-hybridized carbons (Fsp3) is 0.182. The maximum absolute atomic E-state index is 13.4. The van der Waals surface area contributed by atoms with Gasteiger partial charge in [-0.2, -0.15) is 0 Å². The monoisotopic (exact) mass is 252 g/mol. The van der Waals surface area contributed by atoms with E-state index in [2.05, 4.69) is 10.3 Å². The van der Waals surface area contributed by atoms with Crippen LogP contribution in [0.1, 0.15) is 16.1 Å². The van der Waals surface area contributed by atoms with Gasteiger partial charge in [-0.3, -0.25) is 4.79 Å². The van der Waals surface area contributed by atoms with Gasteiger partial charge in [-0.05, 0) is 12.1 Å². The molecule has 1 aromatic carbocycles. The third-order valence-corrected chi connectivity index (χ3v) is 2.35. The Bertz CT molecular complexity index is 582. The lowest BCUT2D eigenvalue weighted by Crippen LogP contribution is -2.13. The summed E-state index contributed by atoms with van der Waals surface area (Å²) in [7, 11) is 0. The van der Waals surface area contributed by atoms with Gasteiger partial charge in [-0.1, -0.05) is 11.3 Å². The van der Waals surface area contributed by atoms with Crippen molar-refractivity contribution in [1.29, 1.82) is 0 Å². The predicted molar refractivity (Wildman–Crippen MR) is 58.6 cm³/mol. The minimum atomic E-state index is -1.15. The number of carbonyl (C=O) groups is 1. The maximum atomic E-state index is 13.4. The van der Waals surface area contributed by atoms with Crippen LogP contribution in [0.15, 0.2) is 24.4 Å². The smallest absolute Gasteiger partial charge is 0.187 e. The number of ketones is 1. The maximum Gasteiger partial charge on any atom is 0.187 e. The van der Waals surface area contributed by atoms with Crippen molar-refractivity contribution >= 4 is 5.78 Å². The fourth-order valence-corrected chi connectivity index (χ4v) is 1.46. The molecule has 18 heavy (non-hydrogen) atoms. The average Bonchev–Trinajstić information content (AvgIpc) is 2.80. The number of hydrogen-bond acceptors (Lipinski definition) is 4. The van der Waals surface area contributed by atoms with Crippen molar-refractivity contribution in [3.8, 4) is 0 Å². The normalized spacial score (nSPS) is 10.6. The first-order chi connectivity index (χ1) is 8.61. The van der Waals surface area contributed by atoms with Crippen LogP contribution in [0.2, 0.25) is 0 Å². The Morgan fingerprint density at radius 2 is 2.17 bits per heavy atom. The SMILES string of the molecule is NCc1cn(CC(=O)c2cccc(F)c2F)nn1. The van der Waals surface area contributed by atoms with Gasteiger partial charge in [-0.15, -0.1) is 5.10 Å². The minimum absolute atomic E-state index is 0.197. The van der Waals surface area contributed by atoms with Crippen molar-refractivity contribution in [2.24, 2.45) is 5.73 Å². The van der Waals surface area contributed by atoms with Gasteiger partial charge in [0.1, 0.15) is 6.54 Å². The van der Waals surface area contributed by atoms with E-state index in [9.17, 15) is 13.6 Å². The molecule has 1 aromatic heterocycles. The zero-order valence-electron chi connectivity index (χ0n) is 9.31. The van der Waals surface area contributed by atoms with E-state index < -0.39 is 17.4 Å². The molecule has 0 aliphatic rings. The standard InChI is InChI=1S/C11H10F2N4O/c12-9-3-1-2-8(11(9)13)10(18)6-17-5-7(4-14)15-16-17/h1-3,5H,4,6,14H2. The molecule has 0 radical (unpaired) electrons. The molecule has 0 spiro atoms. The van der Waals surface area contributed by atoms with E-state index in [4.69, 9.17) is 5.73 Å². The number of nitrogens with two attached hydrogens (primary N) is 1. The molecule has 5 nitrogen and oxygen atoms in total. The number of aromatic nitrogens is 3. The van der Waals surface area contributed by atoms with Gasteiger partial charge in [0.25, 0.3) is 0 Å². The van der Waals surface area contributed by atoms with E-state index in [0.717, 1.165) is 6.07 Å². The van der Waals surface area contributed by atoms with Gasteiger partial charge in [0.2, 0.25) is 0 Å². The van der Waals surface area contributed by atoms with Gasteiger partial charge >= 0.3 is 0 Å². The highest BCUT2D eigenvalue weighted by molar-refractivity contribution is 5.96. The second kappa shape index (κ2) is 5.01. The largest absolute Gasteiger partial charge is 0.325 e. The molecule has 0 aliphatic heterocycles. The fourth-order valence-electron chi connectivity index (χ4n) is 1.46. The molecule has 94 valence electrons. The number of benzene rings is 1. The number of Topliss-reactive ketones (excluding diaryl/α,β-unsaturated/α-hetero) is 1. The molecular formula is C11H10F2N4O. The Hall–Kier alpha value is -2.15. The van der Waals surface area contributed by atoms with Gasteiger partial charge in [0.15, 0.2) is 17.4 Å². The summed E-state index contributed by atoms with van der Waals surface area (Å²) >= 11 is 0. The van der Waals surface area contributed by atoms with Gasteiger partial charge in [0, 0.05) is 6.54 Å². The number of nitrogens with zero attached hydrogens (tertiary/aromatic N) is 3. The molecule has 2 rings (SSSR count). The number of hydrogen-bond donors (Lipinski definition) is 1. The Kier molecular flexibility index (Phi) is 3.42. The summed E-state index contributed by atoms with van der Waals surface area (Å²) in [6.45, 7) is -0.0180. The van der Waals surface area contributed by atoms with E-state index >= 15 is 0 Å². The Morgan fingerprint density at radius 1 is 1.39 bits per heavy atom. The van der Waals surface area contributed by atoms with Crippen molar-refractivity contribution in [2.75, 3.05) is 0 Å². The molecule has 0 atom stereocenters. The van der Waals surface area contributed by atoms with Crippen molar-refractivity contribution in [2.45, 2.75) is 13.1 Å². The molecule has 0 aliphatic carbocycles. The summed E-state index contributed by atoms with van der Waals surface area (Å²) in [6.07, 6.45) is 1.48. The molecule has 0 fully saturated rings. The van der Waals surface area contributed by atoms with Gasteiger partial charge in [-0.25, -0.2) is 13.5 Å². The number of halogens is 2. The highest BCUT2D eigenvalue weighted by Crippen LogP contribution is 2.12. The molecule has 0 saturated heterocycles. The first kappa shape index (κ1) is 12.3. The van der Waals surface area contributed by atoms with Crippen molar-refractivity contribution in [3.63, 3.8) is 0 Å². The van der Waals surface area contributed by atoms with Gasteiger partial charge in [0.05, 0.1) is 17.5 Å². The third-order valence-electron chi connectivity index (χ3n) is 2.35. The number of carbonyl (C=O) groups excluding carboxylic acids is 1. The van der Waals surface area contributed by atoms with E-state index in [1.54, 1.807) is 0 Å². The van der Waals surface area contributed by atoms with Crippen LogP contribution in [0.3, 0.4) is 0 Å². The van der Waals surface area contributed by atoms with Crippen LogP contribution in [-0.2, 0) is 13.1 Å². The lowest BCUT2D eigenvalue weighted by molar-refractivity contribution is 0.0962. The van der Waals surface area contributed by atoms with Crippen LogP contribution in [0, 0.1) is 11.6 Å². The molecule has 2 N–H and O–H groups in total. The summed E-state index contributed by atoms with van der Waals surface area (Å²) in [5.41, 5.74) is 5.55. The van der Waals surface area contributed by atoms with Crippen molar-refractivity contribution < 1.29 is 13.6 Å². The molecule has 0 bridgehead atoms. The first-order valence-electron chi connectivity index (χ1n) is 5.18. The molecule has 7 heteroatoms. The molecule has 2 aromatic rings. The lowest BCUT2D eigenvalue weighted by Gasteiger charge is -2.02. The number of rotatable bonds is 4. The Labute approximate surface area is 101 Å². The molecular weight excluding hydrogens is 242 g/mol. The molecule has 1 heterocycles. The molecule has 0 saturated carbocycles. The summed E-state index contributed by atoms with van der Waals surface area (Å²) in [5.74, 6) is -2.79. The van der Waals surface area contributed by atoms with Crippen molar-refractivity contribution in [1.82, 2.24) is 15.0 Å². The summed E-state index contributed by atoms with van der Waals surface area (Å²) < 4.78 is 27.6. The molecule has 0 unspecified atom stereocenters. The second-order valence-corrected chi connectivity index (χ2v) is 3.64. The summed E-state index contributed by atoms with van der Waals surface area (Å²) in [5, 5.41) is 7.34. The van der Waals surface area contributed by atoms with Crippen LogP contribution in [0.25, 0.3) is 0 Å². The van der Waals surface area contributed by atoms with Gasteiger partial charge < -0.3 is 5.73 Å². The molecule has 0 amide bonds. The zero-order chi connectivity index (χ0) is 13.1. The lowest BCUT2D eigenvalue weighted by atomic mass is 10.1. The van der Waals surface area contributed by atoms with E-state index in [-0.39, 0.29) is 18.7 Å². The summed E-state index contributed by atoms with van der Waals surface area (Å²) in [6, 6.07) is 3.45. The van der Waals surface area contributed by atoms with Crippen LogP contribution in [0.4, 0.5) is 8.78 Å². The second-order valence-electron chi connectivity index (χ2n) is 3.64. The predicted octanol–water partition coefficient (Wildman–Crippen LogP) is 0.898. The summed E-state index contributed by atoms with van der Waals surface area (Å²) in [4.78, 5) is 11.8. The average molecular weight is 252 g/mol. The van der Waals surface area contributed by atoms with E-state index in [0.29, 0.717) is 5.69 Å².